The highest BCUT2D eigenvalue weighted by atomic mass is 16.1. The first kappa shape index (κ1) is 16.5. The van der Waals surface area contributed by atoms with Crippen molar-refractivity contribution in [3.05, 3.63) is 69.9 Å². The molecule has 3 nitrogen and oxygen atoms in total. The Morgan fingerprint density at radius 3 is 2.62 bits per heavy atom. The summed E-state index contributed by atoms with van der Waals surface area (Å²) in [5.41, 5.74) is 8.23. The summed E-state index contributed by atoms with van der Waals surface area (Å²) >= 11 is 0. The van der Waals surface area contributed by atoms with E-state index in [0.29, 0.717) is 0 Å². The lowest BCUT2D eigenvalue weighted by atomic mass is 10.0. The SMILES string of the molecule is CC(=O)c1cccc(CNCc2cc(C)cc3c(C)c(C)[nH]c23)c1. The monoisotopic (exact) mass is 320 g/mol. The lowest BCUT2D eigenvalue weighted by Gasteiger charge is -2.09. The van der Waals surface area contributed by atoms with Crippen molar-refractivity contribution in [1.29, 1.82) is 0 Å². The fourth-order valence-electron chi connectivity index (χ4n) is 3.17. The predicted octanol–water partition coefficient (Wildman–Crippen LogP) is 4.59. The summed E-state index contributed by atoms with van der Waals surface area (Å²) in [6.07, 6.45) is 0. The molecule has 3 aromatic rings. The molecule has 0 aliphatic heterocycles. The molecule has 2 aromatic carbocycles. The summed E-state index contributed by atoms with van der Waals surface area (Å²) in [6.45, 7) is 9.57. The van der Waals surface area contributed by atoms with Crippen LogP contribution in [0.4, 0.5) is 0 Å². The lowest BCUT2D eigenvalue weighted by Crippen LogP contribution is -2.13. The molecule has 124 valence electrons. The van der Waals surface area contributed by atoms with E-state index < -0.39 is 0 Å². The maximum absolute atomic E-state index is 11.5. The second-order valence-corrected chi connectivity index (χ2v) is 6.58. The quantitative estimate of drug-likeness (QED) is 0.676. The van der Waals surface area contributed by atoms with Crippen molar-refractivity contribution in [3.8, 4) is 0 Å². The molecule has 0 unspecified atom stereocenters. The Bertz CT molecular complexity index is 906. The topological polar surface area (TPSA) is 44.9 Å². The van der Waals surface area contributed by atoms with Gasteiger partial charge in [-0.15, -0.1) is 0 Å². The van der Waals surface area contributed by atoms with E-state index in [1.54, 1.807) is 6.92 Å². The molecule has 0 saturated heterocycles. The van der Waals surface area contributed by atoms with Crippen LogP contribution in [-0.4, -0.2) is 10.8 Å². The molecule has 2 N–H and O–H groups in total. The van der Waals surface area contributed by atoms with Gasteiger partial charge in [0.2, 0.25) is 0 Å². The number of aryl methyl sites for hydroxylation is 3. The molecule has 0 atom stereocenters. The number of hydrogen-bond acceptors (Lipinski definition) is 2. The number of hydrogen-bond donors (Lipinski definition) is 2. The summed E-state index contributed by atoms with van der Waals surface area (Å²) < 4.78 is 0. The molecule has 0 amide bonds. The van der Waals surface area contributed by atoms with Crippen LogP contribution >= 0.6 is 0 Å². The molecule has 0 spiro atoms. The summed E-state index contributed by atoms with van der Waals surface area (Å²) in [4.78, 5) is 15.0. The van der Waals surface area contributed by atoms with Crippen LogP contribution in [0.25, 0.3) is 10.9 Å². The third kappa shape index (κ3) is 3.26. The molecule has 1 heterocycles. The Labute approximate surface area is 143 Å². The van der Waals surface area contributed by atoms with Gasteiger partial charge in [-0.3, -0.25) is 4.79 Å². The second kappa shape index (κ2) is 6.62. The van der Waals surface area contributed by atoms with Crippen LogP contribution < -0.4 is 5.32 Å². The first-order chi connectivity index (χ1) is 11.5. The van der Waals surface area contributed by atoms with Gasteiger partial charge >= 0.3 is 0 Å². The fourth-order valence-corrected chi connectivity index (χ4v) is 3.17. The zero-order valence-corrected chi connectivity index (χ0v) is 14.8. The van der Waals surface area contributed by atoms with Crippen LogP contribution in [0, 0.1) is 20.8 Å². The number of H-pyrrole nitrogens is 1. The van der Waals surface area contributed by atoms with Gasteiger partial charge in [0.05, 0.1) is 5.52 Å². The Morgan fingerprint density at radius 2 is 1.88 bits per heavy atom. The highest BCUT2D eigenvalue weighted by Gasteiger charge is 2.09. The lowest BCUT2D eigenvalue weighted by molar-refractivity contribution is 0.101. The van der Waals surface area contributed by atoms with Crippen LogP contribution in [0.1, 0.15) is 45.2 Å². The fraction of sp³-hybridized carbons (Fsp3) is 0.286. The summed E-state index contributed by atoms with van der Waals surface area (Å²) in [5.74, 6) is 0.106. The maximum Gasteiger partial charge on any atom is 0.159 e. The zero-order valence-electron chi connectivity index (χ0n) is 14.8. The largest absolute Gasteiger partial charge is 0.358 e. The zero-order chi connectivity index (χ0) is 17.3. The van der Waals surface area contributed by atoms with Crippen molar-refractivity contribution in [2.24, 2.45) is 0 Å². The number of Topliss-reactive ketones (excluding diaryl/α,β-unsaturated/α-hetero) is 1. The van der Waals surface area contributed by atoms with Crippen molar-refractivity contribution in [1.82, 2.24) is 10.3 Å². The molecule has 0 fully saturated rings. The molecule has 0 aliphatic carbocycles. The summed E-state index contributed by atoms with van der Waals surface area (Å²) in [5, 5.41) is 4.81. The Kier molecular flexibility index (Phi) is 4.54. The Hall–Kier alpha value is -2.39. The van der Waals surface area contributed by atoms with Gasteiger partial charge in [-0.25, -0.2) is 0 Å². The predicted molar refractivity (Wildman–Crippen MR) is 99.5 cm³/mol. The van der Waals surface area contributed by atoms with Crippen LogP contribution in [0.15, 0.2) is 36.4 Å². The van der Waals surface area contributed by atoms with Gasteiger partial charge in [-0.05, 0) is 56.5 Å². The van der Waals surface area contributed by atoms with Gasteiger partial charge in [0.25, 0.3) is 0 Å². The second-order valence-electron chi connectivity index (χ2n) is 6.58. The van der Waals surface area contributed by atoms with Crippen molar-refractivity contribution >= 4 is 16.7 Å². The molecular weight excluding hydrogens is 296 g/mol. The first-order valence-electron chi connectivity index (χ1n) is 8.34. The molecule has 3 rings (SSSR count). The molecule has 0 saturated carbocycles. The van der Waals surface area contributed by atoms with Gasteiger partial charge < -0.3 is 10.3 Å². The molecule has 0 aliphatic rings. The average molecular weight is 320 g/mol. The number of nitrogens with one attached hydrogen (secondary N) is 2. The molecule has 3 heteroatoms. The average Bonchev–Trinajstić information content (AvgIpc) is 2.83. The van der Waals surface area contributed by atoms with E-state index in [1.165, 1.54) is 33.3 Å². The minimum Gasteiger partial charge on any atom is -0.358 e. The van der Waals surface area contributed by atoms with Crippen molar-refractivity contribution in [2.75, 3.05) is 0 Å². The highest BCUT2D eigenvalue weighted by molar-refractivity contribution is 5.94. The van der Waals surface area contributed by atoms with Crippen LogP contribution in [0.2, 0.25) is 0 Å². The smallest absolute Gasteiger partial charge is 0.159 e. The van der Waals surface area contributed by atoms with E-state index in [2.05, 4.69) is 43.2 Å². The highest BCUT2D eigenvalue weighted by Crippen LogP contribution is 2.26. The van der Waals surface area contributed by atoms with Gasteiger partial charge in [-0.1, -0.05) is 29.8 Å². The van der Waals surface area contributed by atoms with Crippen LogP contribution in [0.5, 0.6) is 0 Å². The van der Waals surface area contributed by atoms with Crippen LogP contribution in [-0.2, 0) is 13.1 Å². The molecule has 24 heavy (non-hydrogen) atoms. The van der Waals surface area contributed by atoms with Gasteiger partial charge in [-0.2, -0.15) is 0 Å². The van der Waals surface area contributed by atoms with Gasteiger partial charge in [0.1, 0.15) is 0 Å². The minimum atomic E-state index is 0.106. The molecular formula is C21H24N2O. The Morgan fingerprint density at radius 1 is 1.08 bits per heavy atom. The van der Waals surface area contributed by atoms with E-state index >= 15 is 0 Å². The number of ketones is 1. The van der Waals surface area contributed by atoms with Gasteiger partial charge in [0.15, 0.2) is 5.78 Å². The normalized spacial score (nSPS) is 11.2. The molecule has 0 bridgehead atoms. The third-order valence-corrected chi connectivity index (χ3v) is 4.62. The van der Waals surface area contributed by atoms with E-state index in [0.717, 1.165) is 24.2 Å². The van der Waals surface area contributed by atoms with E-state index in [4.69, 9.17) is 0 Å². The third-order valence-electron chi connectivity index (χ3n) is 4.62. The Balaban J connectivity index is 1.78. The number of aromatic amines is 1. The number of carbonyl (C=O) groups is 1. The summed E-state index contributed by atoms with van der Waals surface area (Å²) in [6, 6.07) is 12.3. The number of carbonyl (C=O) groups excluding carboxylic acids is 1. The van der Waals surface area contributed by atoms with E-state index in [1.807, 2.05) is 24.3 Å². The van der Waals surface area contributed by atoms with E-state index in [9.17, 15) is 4.79 Å². The molecule has 0 radical (unpaired) electrons. The number of benzene rings is 2. The number of aromatic nitrogens is 1. The maximum atomic E-state index is 11.5. The van der Waals surface area contributed by atoms with E-state index in [-0.39, 0.29) is 5.78 Å². The standard InChI is InChI=1S/C21H24N2O/c1-13-8-19(21-20(9-13)14(2)15(3)23-21)12-22-11-17-6-5-7-18(10-17)16(4)24/h5-10,22-23H,11-12H2,1-4H3. The van der Waals surface area contributed by atoms with Crippen LogP contribution in [0.3, 0.4) is 0 Å². The van der Waals surface area contributed by atoms with Crippen molar-refractivity contribution in [3.63, 3.8) is 0 Å². The van der Waals surface area contributed by atoms with Gasteiger partial charge in [0, 0.05) is 29.7 Å². The number of rotatable bonds is 5. The number of fused-ring (bicyclic) bond motifs is 1. The molecule has 1 aromatic heterocycles. The minimum absolute atomic E-state index is 0.106. The first-order valence-corrected chi connectivity index (χ1v) is 8.34. The summed E-state index contributed by atoms with van der Waals surface area (Å²) in [7, 11) is 0. The van der Waals surface area contributed by atoms with Crippen molar-refractivity contribution < 1.29 is 4.79 Å². The van der Waals surface area contributed by atoms with Crippen molar-refractivity contribution in [2.45, 2.75) is 40.8 Å².